The molecule has 0 amide bonds. The van der Waals surface area contributed by atoms with Crippen LogP contribution in [0.25, 0.3) is 5.57 Å². The molecule has 0 saturated carbocycles. The van der Waals surface area contributed by atoms with E-state index in [0.29, 0.717) is 16.7 Å². The molecule has 0 spiro atoms. The number of hydrogen-bond acceptors (Lipinski definition) is 2. The van der Waals surface area contributed by atoms with E-state index < -0.39 is 0 Å². The fraction of sp³-hybridized carbons (Fsp3) is 0.250. The highest BCUT2D eigenvalue weighted by Crippen LogP contribution is 2.26. The van der Waals surface area contributed by atoms with Crippen molar-refractivity contribution in [2.75, 3.05) is 6.61 Å². The van der Waals surface area contributed by atoms with E-state index in [4.69, 9.17) is 27.9 Å². The normalized spacial score (nSPS) is 11.4. The first kappa shape index (κ1) is 13.1. The van der Waals surface area contributed by atoms with Crippen LogP contribution in [0.4, 0.5) is 0 Å². The van der Waals surface area contributed by atoms with Gasteiger partial charge < -0.3 is 4.74 Å². The second-order valence-electron chi connectivity index (χ2n) is 3.20. The number of hydrogen-bond donors (Lipinski definition) is 0. The molecule has 1 rings (SSSR count). The van der Waals surface area contributed by atoms with E-state index in [0.717, 1.165) is 11.1 Å². The zero-order valence-electron chi connectivity index (χ0n) is 9.09. The fourth-order valence-corrected chi connectivity index (χ4v) is 1.81. The summed E-state index contributed by atoms with van der Waals surface area (Å²) in [6.45, 7) is 3.92. The lowest BCUT2D eigenvalue weighted by Gasteiger charge is -2.05. The van der Waals surface area contributed by atoms with Crippen molar-refractivity contribution in [3.63, 3.8) is 0 Å². The zero-order valence-corrected chi connectivity index (χ0v) is 10.6. The van der Waals surface area contributed by atoms with Gasteiger partial charge in [-0.05, 0) is 37.1 Å². The van der Waals surface area contributed by atoms with Gasteiger partial charge in [-0.2, -0.15) is 0 Å². The molecule has 0 aliphatic heterocycles. The number of carbonyl (C=O) groups is 1. The van der Waals surface area contributed by atoms with Crippen LogP contribution in [-0.2, 0) is 9.53 Å². The van der Waals surface area contributed by atoms with E-state index in [-0.39, 0.29) is 5.97 Å². The molecule has 0 radical (unpaired) electrons. The number of rotatable bonds is 3. The van der Waals surface area contributed by atoms with Crippen molar-refractivity contribution in [1.29, 1.82) is 0 Å². The molecule has 0 heterocycles. The Morgan fingerprint density at radius 3 is 2.69 bits per heavy atom. The number of esters is 1. The first-order valence-electron chi connectivity index (χ1n) is 4.85. The Morgan fingerprint density at radius 1 is 1.44 bits per heavy atom. The van der Waals surface area contributed by atoms with Gasteiger partial charge in [-0.15, -0.1) is 0 Å². The van der Waals surface area contributed by atoms with E-state index in [1.54, 1.807) is 32.0 Å². The van der Waals surface area contributed by atoms with Gasteiger partial charge in [0, 0.05) is 16.1 Å². The maximum atomic E-state index is 11.2. The molecule has 0 aromatic heterocycles. The first-order chi connectivity index (χ1) is 7.54. The van der Waals surface area contributed by atoms with E-state index >= 15 is 0 Å². The Hall–Kier alpha value is -0.990. The number of halogens is 2. The summed E-state index contributed by atoms with van der Waals surface area (Å²) in [6, 6.07) is 5.14. The molecule has 1 aromatic carbocycles. The van der Waals surface area contributed by atoms with Gasteiger partial charge in [0.1, 0.15) is 0 Å². The van der Waals surface area contributed by atoms with E-state index in [9.17, 15) is 4.79 Å². The number of benzene rings is 1. The van der Waals surface area contributed by atoms with Crippen molar-refractivity contribution in [3.05, 3.63) is 39.9 Å². The zero-order chi connectivity index (χ0) is 12.1. The Kier molecular flexibility index (Phi) is 4.84. The lowest BCUT2D eigenvalue weighted by atomic mass is 10.1. The molecule has 0 atom stereocenters. The Morgan fingerprint density at radius 2 is 2.12 bits per heavy atom. The smallest absolute Gasteiger partial charge is 0.331 e. The lowest BCUT2D eigenvalue weighted by Crippen LogP contribution is -2.00. The molecule has 0 N–H and O–H groups in total. The summed E-state index contributed by atoms with van der Waals surface area (Å²) in [5.74, 6) is -0.369. The average molecular weight is 259 g/mol. The predicted molar refractivity (Wildman–Crippen MR) is 66.7 cm³/mol. The van der Waals surface area contributed by atoms with Crippen molar-refractivity contribution in [3.8, 4) is 0 Å². The number of allylic oxidation sites excluding steroid dienone is 1. The summed E-state index contributed by atoms with van der Waals surface area (Å²) in [6.07, 6.45) is 1.42. The van der Waals surface area contributed by atoms with Crippen LogP contribution < -0.4 is 0 Å². The second kappa shape index (κ2) is 5.92. The van der Waals surface area contributed by atoms with Gasteiger partial charge in [0.15, 0.2) is 0 Å². The van der Waals surface area contributed by atoms with Crippen molar-refractivity contribution >= 4 is 34.7 Å². The highest BCUT2D eigenvalue weighted by molar-refractivity contribution is 6.35. The summed E-state index contributed by atoms with van der Waals surface area (Å²) in [4.78, 5) is 11.2. The molecule has 0 fully saturated rings. The van der Waals surface area contributed by atoms with Gasteiger partial charge in [-0.3, -0.25) is 0 Å². The van der Waals surface area contributed by atoms with Crippen LogP contribution in [0.1, 0.15) is 19.4 Å². The molecule has 0 bridgehead atoms. The van der Waals surface area contributed by atoms with Crippen molar-refractivity contribution in [2.45, 2.75) is 13.8 Å². The fourth-order valence-electron chi connectivity index (χ4n) is 1.25. The average Bonchev–Trinajstić information content (AvgIpc) is 2.17. The summed E-state index contributed by atoms with van der Waals surface area (Å²) < 4.78 is 4.81. The maximum absolute atomic E-state index is 11.2. The van der Waals surface area contributed by atoms with Crippen LogP contribution in [0.15, 0.2) is 24.3 Å². The summed E-state index contributed by atoms with van der Waals surface area (Å²) >= 11 is 11.8. The molecule has 0 unspecified atom stereocenters. The number of carbonyl (C=O) groups excluding carboxylic acids is 1. The predicted octanol–water partition coefficient (Wildman–Crippen LogP) is 3.96. The minimum absolute atomic E-state index is 0.358. The van der Waals surface area contributed by atoms with Gasteiger partial charge in [-0.1, -0.05) is 29.3 Å². The molecule has 16 heavy (non-hydrogen) atoms. The molecule has 0 aliphatic carbocycles. The van der Waals surface area contributed by atoms with Gasteiger partial charge in [-0.25, -0.2) is 4.79 Å². The monoisotopic (exact) mass is 258 g/mol. The van der Waals surface area contributed by atoms with Gasteiger partial charge in [0.2, 0.25) is 0 Å². The van der Waals surface area contributed by atoms with Crippen molar-refractivity contribution in [2.24, 2.45) is 0 Å². The van der Waals surface area contributed by atoms with Crippen LogP contribution in [0.5, 0.6) is 0 Å². The molecular weight excluding hydrogens is 247 g/mol. The SMILES string of the molecule is CCOC(=O)/C=C(/C)c1ccc(Cl)cc1Cl. The van der Waals surface area contributed by atoms with Crippen LogP contribution in [0.2, 0.25) is 10.0 Å². The van der Waals surface area contributed by atoms with E-state index in [1.165, 1.54) is 6.08 Å². The molecule has 86 valence electrons. The molecule has 0 aliphatic rings. The minimum atomic E-state index is -0.369. The first-order valence-corrected chi connectivity index (χ1v) is 5.60. The topological polar surface area (TPSA) is 26.3 Å². The largest absolute Gasteiger partial charge is 0.463 e. The highest BCUT2D eigenvalue weighted by atomic mass is 35.5. The molecule has 4 heteroatoms. The van der Waals surface area contributed by atoms with Gasteiger partial charge >= 0.3 is 5.97 Å². The van der Waals surface area contributed by atoms with Crippen LogP contribution in [0, 0.1) is 0 Å². The summed E-state index contributed by atoms with van der Waals surface area (Å²) in [5, 5.41) is 1.09. The lowest BCUT2D eigenvalue weighted by molar-refractivity contribution is -0.137. The third kappa shape index (κ3) is 3.54. The maximum Gasteiger partial charge on any atom is 0.331 e. The molecule has 1 aromatic rings. The minimum Gasteiger partial charge on any atom is -0.463 e. The Bertz CT molecular complexity index is 425. The number of ether oxygens (including phenoxy) is 1. The third-order valence-corrected chi connectivity index (χ3v) is 2.52. The van der Waals surface area contributed by atoms with Gasteiger partial charge in [0.25, 0.3) is 0 Å². The highest BCUT2D eigenvalue weighted by Gasteiger charge is 2.05. The summed E-state index contributed by atoms with van der Waals surface area (Å²) in [7, 11) is 0. The van der Waals surface area contributed by atoms with Crippen LogP contribution >= 0.6 is 23.2 Å². The molecule has 0 saturated heterocycles. The van der Waals surface area contributed by atoms with Crippen molar-refractivity contribution in [1.82, 2.24) is 0 Å². The van der Waals surface area contributed by atoms with E-state index in [2.05, 4.69) is 0 Å². The summed E-state index contributed by atoms with van der Waals surface area (Å²) in [5.41, 5.74) is 1.53. The Balaban J connectivity index is 2.96. The standard InChI is InChI=1S/C12H12Cl2O2/c1-3-16-12(15)6-8(2)10-5-4-9(13)7-11(10)14/h4-7H,3H2,1-2H3/b8-6-. The second-order valence-corrected chi connectivity index (χ2v) is 4.05. The van der Waals surface area contributed by atoms with Crippen molar-refractivity contribution < 1.29 is 9.53 Å². The molecule has 2 nitrogen and oxygen atoms in total. The third-order valence-electron chi connectivity index (χ3n) is 1.98. The van der Waals surface area contributed by atoms with Crippen LogP contribution in [-0.4, -0.2) is 12.6 Å². The van der Waals surface area contributed by atoms with Gasteiger partial charge in [0.05, 0.1) is 6.61 Å². The van der Waals surface area contributed by atoms with E-state index in [1.807, 2.05) is 0 Å². The quantitative estimate of drug-likeness (QED) is 0.606. The van der Waals surface area contributed by atoms with Crippen LogP contribution in [0.3, 0.4) is 0 Å². The molecular formula is C12H12Cl2O2. The Labute approximate surface area is 105 Å².